The van der Waals surface area contributed by atoms with E-state index in [0.29, 0.717) is 11.3 Å². The van der Waals surface area contributed by atoms with Crippen LogP contribution in [-0.2, 0) is 9.59 Å². The van der Waals surface area contributed by atoms with Crippen LogP contribution in [0, 0.1) is 5.92 Å². The van der Waals surface area contributed by atoms with E-state index in [-0.39, 0.29) is 48.7 Å². The number of aliphatic carboxylic acids is 1. The second-order valence-corrected chi connectivity index (χ2v) is 9.47. The first-order valence-electron chi connectivity index (χ1n) is 12.1. The molecule has 2 saturated carbocycles. The first-order chi connectivity index (χ1) is 16.5. The van der Waals surface area contributed by atoms with E-state index in [1.807, 2.05) is 46.2 Å². The average molecular weight is 463 g/mol. The van der Waals surface area contributed by atoms with Crippen molar-refractivity contribution in [1.29, 1.82) is 0 Å². The largest absolute Gasteiger partial charge is 0.496 e. The van der Waals surface area contributed by atoms with Crippen molar-refractivity contribution in [3.8, 4) is 5.75 Å². The van der Waals surface area contributed by atoms with Crippen LogP contribution in [0.5, 0.6) is 5.75 Å². The standard InChI is InChI=1S/C27H30N2O5/c1-34-23-12-5-3-8-20(23)27(33)29-21-10-4-2-7-18(21)26(19-9-6-11-22(19)29)28(17-13-14-17)24(30)15-16-25(31)32/h2-5,7-8,10,12,17,19,22,26H,6,9,11,13-16H2,1H3,(H,31,32)/t19-,22+,26-/m0/s1. The lowest BCUT2D eigenvalue weighted by atomic mass is 9.81. The van der Waals surface area contributed by atoms with Crippen molar-refractivity contribution in [2.45, 2.75) is 63.1 Å². The van der Waals surface area contributed by atoms with Gasteiger partial charge in [0.1, 0.15) is 5.75 Å². The zero-order valence-electron chi connectivity index (χ0n) is 19.4. The van der Waals surface area contributed by atoms with Crippen LogP contribution in [0.2, 0.25) is 0 Å². The van der Waals surface area contributed by atoms with Crippen molar-refractivity contribution < 1.29 is 24.2 Å². The summed E-state index contributed by atoms with van der Waals surface area (Å²) in [7, 11) is 1.57. The van der Waals surface area contributed by atoms with Gasteiger partial charge in [0.25, 0.3) is 5.91 Å². The van der Waals surface area contributed by atoms with E-state index in [1.165, 1.54) is 0 Å². The molecule has 0 unspecified atom stereocenters. The molecule has 3 aliphatic rings. The van der Waals surface area contributed by atoms with Gasteiger partial charge in [-0.05, 0) is 49.4 Å². The summed E-state index contributed by atoms with van der Waals surface area (Å²) in [6, 6.07) is 15.2. The molecule has 2 aromatic carbocycles. The highest BCUT2D eigenvalue weighted by atomic mass is 16.5. The van der Waals surface area contributed by atoms with Crippen molar-refractivity contribution in [2.24, 2.45) is 5.92 Å². The highest BCUT2D eigenvalue weighted by molar-refractivity contribution is 6.09. The number of nitrogens with zero attached hydrogens (tertiary/aromatic N) is 2. The summed E-state index contributed by atoms with van der Waals surface area (Å²) in [5.41, 5.74) is 2.34. The Morgan fingerprint density at radius 2 is 1.74 bits per heavy atom. The number of carboxylic acids is 1. The molecule has 0 spiro atoms. The van der Waals surface area contributed by atoms with Crippen LogP contribution in [0.3, 0.4) is 0 Å². The Morgan fingerprint density at radius 3 is 2.47 bits per heavy atom. The monoisotopic (exact) mass is 462 g/mol. The molecule has 1 aliphatic heterocycles. The van der Waals surface area contributed by atoms with E-state index >= 15 is 0 Å². The van der Waals surface area contributed by atoms with Gasteiger partial charge in [0, 0.05) is 30.1 Å². The number of carbonyl (C=O) groups excluding carboxylic acids is 2. The normalized spacial score (nSPS) is 23.1. The lowest BCUT2D eigenvalue weighted by Gasteiger charge is -2.48. The van der Waals surface area contributed by atoms with Crippen LogP contribution in [0.4, 0.5) is 5.69 Å². The molecule has 0 aromatic heterocycles. The number of fused-ring (bicyclic) bond motifs is 2. The number of amides is 2. The molecule has 7 nitrogen and oxygen atoms in total. The molecule has 1 heterocycles. The quantitative estimate of drug-likeness (QED) is 0.658. The molecular formula is C27H30N2O5. The lowest BCUT2D eigenvalue weighted by Crippen LogP contribution is -2.53. The van der Waals surface area contributed by atoms with Crippen LogP contribution in [0.1, 0.15) is 66.9 Å². The minimum absolute atomic E-state index is 0.00570. The van der Waals surface area contributed by atoms with Crippen molar-refractivity contribution in [2.75, 3.05) is 12.0 Å². The third kappa shape index (κ3) is 3.93. The minimum atomic E-state index is -0.958. The topological polar surface area (TPSA) is 87.2 Å². The Morgan fingerprint density at radius 1 is 1.00 bits per heavy atom. The molecule has 34 heavy (non-hydrogen) atoms. The minimum Gasteiger partial charge on any atom is -0.496 e. The molecular weight excluding hydrogens is 432 g/mol. The fourth-order valence-electron chi connectivity index (χ4n) is 5.87. The maximum absolute atomic E-state index is 13.9. The summed E-state index contributed by atoms with van der Waals surface area (Å²) in [5, 5.41) is 9.14. The van der Waals surface area contributed by atoms with E-state index in [0.717, 1.165) is 43.4 Å². The summed E-state index contributed by atoms with van der Waals surface area (Å²) in [6.07, 6.45) is 4.51. The fourth-order valence-corrected chi connectivity index (χ4v) is 5.87. The molecule has 1 N–H and O–H groups in total. The molecule has 178 valence electrons. The number of para-hydroxylation sites is 2. The Kier molecular flexibility index (Phi) is 6.02. The lowest BCUT2D eigenvalue weighted by molar-refractivity contribution is -0.142. The van der Waals surface area contributed by atoms with E-state index in [9.17, 15) is 14.4 Å². The number of hydrogen-bond acceptors (Lipinski definition) is 4. The zero-order chi connectivity index (χ0) is 23.8. The molecule has 0 saturated heterocycles. The summed E-state index contributed by atoms with van der Waals surface area (Å²) in [5.74, 6) is -0.483. The van der Waals surface area contributed by atoms with Crippen LogP contribution in [-0.4, -0.2) is 47.0 Å². The molecule has 7 heteroatoms. The van der Waals surface area contributed by atoms with Crippen molar-refractivity contribution in [3.63, 3.8) is 0 Å². The highest BCUT2D eigenvalue weighted by Gasteiger charge is 2.51. The molecule has 2 aliphatic carbocycles. The number of rotatable bonds is 7. The number of anilines is 1. The SMILES string of the molecule is COc1ccccc1C(=O)N1c2ccccc2[C@H](N(C(=O)CCC(=O)O)C2CC2)[C@H]2CCC[C@H]21. The molecule has 5 rings (SSSR count). The molecule has 3 atom stereocenters. The highest BCUT2D eigenvalue weighted by Crippen LogP contribution is 2.53. The number of carboxylic acid groups (broad SMARTS) is 1. The number of carbonyl (C=O) groups is 3. The first-order valence-corrected chi connectivity index (χ1v) is 12.1. The van der Waals surface area contributed by atoms with Gasteiger partial charge in [0.05, 0.1) is 25.1 Å². The number of benzene rings is 2. The molecule has 0 radical (unpaired) electrons. The van der Waals surface area contributed by atoms with E-state index < -0.39 is 5.97 Å². The number of ether oxygens (including phenoxy) is 1. The van der Waals surface area contributed by atoms with E-state index in [1.54, 1.807) is 19.2 Å². The Hall–Kier alpha value is -3.35. The Labute approximate surface area is 199 Å². The summed E-state index contributed by atoms with van der Waals surface area (Å²) in [4.78, 5) is 42.3. The second kappa shape index (κ2) is 9.12. The maximum Gasteiger partial charge on any atom is 0.303 e. The number of hydrogen-bond donors (Lipinski definition) is 1. The maximum atomic E-state index is 13.9. The van der Waals surface area contributed by atoms with Gasteiger partial charge in [-0.15, -0.1) is 0 Å². The van der Waals surface area contributed by atoms with Gasteiger partial charge in [-0.25, -0.2) is 0 Å². The zero-order valence-corrected chi connectivity index (χ0v) is 19.4. The van der Waals surface area contributed by atoms with Crippen molar-refractivity contribution in [1.82, 2.24) is 4.90 Å². The van der Waals surface area contributed by atoms with Crippen LogP contribution >= 0.6 is 0 Å². The predicted molar refractivity (Wildman–Crippen MR) is 127 cm³/mol. The van der Waals surface area contributed by atoms with Crippen molar-refractivity contribution >= 4 is 23.5 Å². The van der Waals surface area contributed by atoms with Gasteiger partial charge in [-0.2, -0.15) is 0 Å². The Bertz CT molecular complexity index is 1110. The van der Waals surface area contributed by atoms with Crippen molar-refractivity contribution in [3.05, 3.63) is 59.7 Å². The first kappa shape index (κ1) is 22.4. The third-order valence-electron chi connectivity index (χ3n) is 7.42. The summed E-state index contributed by atoms with van der Waals surface area (Å²) >= 11 is 0. The van der Waals surface area contributed by atoms with Crippen LogP contribution in [0.15, 0.2) is 48.5 Å². The summed E-state index contributed by atoms with van der Waals surface area (Å²) in [6.45, 7) is 0. The fraction of sp³-hybridized carbons (Fsp3) is 0.444. The second-order valence-electron chi connectivity index (χ2n) is 9.47. The van der Waals surface area contributed by atoms with Crippen LogP contribution < -0.4 is 9.64 Å². The van der Waals surface area contributed by atoms with Crippen LogP contribution in [0.25, 0.3) is 0 Å². The van der Waals surface area contributed by atoms with Gasteiger partial charge >= 0.3 is 5.97 Å². The molecule has 2 aromatic rings. The predicted octanol–water partition coefficient (Wildman–Crippen LogP) is 4.42. The number of methoxy groups -OCH3 is 1. The average Bonchev–Trinajstić information content (AvgIpc) is 3.57. The van der Waals surface area contributed by atoms with Gasteiger partial charge in [0.15, 0.2) is 0 Å². The smallest absolute Gasteiger partial charge is 0.303 e. The van der Waals surface area contributed by atoms with Gasteiger partial charge in [-0.1, -0.05) is 36.8 Å². The van der Waals surface area contributed by atoms with Gasteiger partial charge in [-0.3, -0.25) is 14.4 Å². The molecule has 2 fully saturated rings. The van der Waals surface area contributed by atoms with Gasteiger partial charge < -0.3 is 19.6 Å². The molecule has 2 amide bonds. The molecule has 0 bridgehead atoms. The Balaban J connectivity index is 1.57. The summed E-state index contributed by atoms with van der Waals surface area (Å²) < 4.78 is 5.49. The van der Waals surface area contributed by atoms with E-state index in [4.69, 9.17) is 9.84 Å². The van der Waals surface area contributed by atoms with Gasteiger partial charge in [0.2, 0.25) is 5.91 Å². The third-order valence-corrected chi connectivity index (χ3v) is 7.42. The van der Waals surface area contributed by atoms with E-state index in [2.05, 4.69) is 0 Å².